The number of rotatable bonds is 7. The van der Waals surface area contributed by atoms with Gasteiger partial charge in [0.1, 0.15) is 24.8 Å². The van der Waals surface area contributed by atoms with Crippen molar-refractivity contribution in [3.63, 3.8) is 0 Å². The standard InChI is InChI=1S/C32H35F3N6O2/c1-2-20-17-40(12-9-36-20)30-24-16-37-28(22-14-21(42)13-19-5-6-25(34)27(35)26(19)22)23(15-33)29(24)38-31(39-30)43-18-32-7-3-10-41(32)11-4-8-32/h5-6,13-14,16,20,36,42H,2-4,7-12,15,17-18H2,1H3/t20-/m1/s1. The molecule has 1 atom stereocenters. The molecule has 0 spiro atoms. The van der Waals surface area contributed by atoms with E-state index in [1.807, 2.05) is 0 Å². The lowest BCUT2D eigenvalue weighted by Crippen LogP contribution is -2.50. The maximum Gasteiger partial charge on any atom is 0.319 e. The van der Waals surface area contributed by atoms with Crippen LogP contribution in [0.1, 0.15) is 44.6 Å². The van der Waals surface area contributed by atoms with Crippen LogP contribution in [-0.2, 0) is 6.67 Å². The molecule has 0 bridgehead atoms. The van der Waals surface area contributed by atoms with Gasteiger partial charge in [-0.3, -0.25) is 9.88 Å². The first kappa shape index (κ1) is 28.1. The molecule has 2 aromatic heterocycles. The Labute approximate surface area is 247 Å². The van der Waals surface area contributed by atoms with Crippen molar-refractivity contribution in [2.75, 3.05) is 44.2 Å². The van der Waals surface area contributed by atoms with Crippen LogP contribution in [0.15, 0.2) is 30.5 Å². The van der Waals surface area contributed by atoms with Crippen molar-refractivity contribution < 1.29 is 23.0 Å². The van der Waals surface area contributed by atoms with E-state index in [1.54, 1.807) is 6.20 Å². The van der Waals surface area contributed by atoms with E-state index in [2.05, 4.69) is 27.0 Å². The molecule has 8 nitrogen and oxygen atoms in total. The Morgan fingerprint density at radius 2 is 1.93 bits per heavy atom. The predicted molar refractivity (Wildman–Crippen MR) is 159 cm³/mol. The number of ether oxygens (including phenoxy) is 1. The third-order valence-corrected chi connectivity index (χ3v) is 9.51. The Hall–Kier alpha value is -3.70. The summed E-state index contributed by atoms with van der Waals surface area (Å²) < 4.78 is 51.0. The molecule has 5 heterocycles. The van der Waals surface area contributed by atoms with E-state index in [-0.39, 0.29) is 50.9 Å². The highest BCUT2D eigenvalue weighted by molar-refractivity contribution is 6.01. The summed E-state index contributed by atoms with van der Waals surface area (Å²) in [4.78, 5) is 18.8. The van der Waals surface area contributed by atoms with Crippen LogP contribution in [0.25, 0.3) is 32.9 Å². The number of benzene rings is 2. The molecule has 0 unspecified atom stereocenters. The molecule has 11 heteroatoms. The van der Waals surface area contributed by atoms with Crippen molar-refractivity contribution in [3.05, 3.63) is 47.7 Å². The summed E-state index contributed by atoms with van der Waals surface area (Å²) in [6.45, 7) is 5.87. The predicted octanol–water partition coefficient (Wildman–Crippen LogP) is 5.49. The van der Waals surface area contributed by atoms with Gasteiger partial charge in [-0.25, -0.2) is 13.2 Å². The molecular formula is C32H35F3N6O2. The van der Waals surface area contributed by atoms with Gasteiger partial charge in [0.05, 0.1) is 22.1 Å². The van der Waals surface area contributed by atoms with Crippen LogP contribution >= 0.6 is 0 Å². The number of nitrogens with one attached hydrogen (secondary N) is 1. The largest absolute Gasteiger partial charge is 0.508 e. The first-order valence-electron chi connectivity index (χ1n) is 15.1. The Morgan fingerprint density at radius 3 is 2.70 bits per heavy atom. The summed E-state index contributed by atoms with van der Waals surface area (Å²) >= 11 is 0. The highest BCUT2D eigenvalue weighted by Crippen LogP contribution is 2.41. The summed E-state index contributed by atoms with van der Waals surface area (Å²) in [5.41, 5.74) is 0.544. The number of fused-ring (bicyclic) bond motifs is 3. The van der Waals surface area contributed by atoms with Crippen LogP contribution in [0.4, 0.5) is 19.0 Å². The second-order valence-corrected chi connectivity index (χ2v) is 12.0. The fraction of sp³-hybridized carbons (Fsp3) is 0.469. The lowest BCUT2D eigenvalue weighted by molar-refractivity contribution is 0.108. The molecule has 0 saturated carbocycles. The van der Waals surface area contributed by atoms with E-state index in [9.17, 15) is 9.50 Å². The second kappa shape index (κ2) is 11.1. The van der Waals surface area contributed by atoms with Crippen LogP contribution in [0.2, 0.25) is 0 Å². The van der Waals surface area contributed by atoms with Crippen LogP contribution in [0.5, 0.6) is 11.8 Å². The summed E-state index contributed by atoms with van der Waals surface area (Å²) in [6.07, 6.45) is 6.87. The molecule has 43 heavy (non-hydrogen) atoms. The quantitative estimate of drug-likeness (QED) is 0.291. The van der Waals surface area contributed by atoms with Gasteiger partial charge in [0, 0.05) is 48.4 Å². The van der Waals surface area contributed by atoms with Crippen molar-refractivity contribution in [1.29, 1.82) is 0 Å². The normalized spacial score (nSPS) is 20.3. The molecule has 0 radical (unpaired) electrons. The van der Waals surface area contributed by atoms with Crippen LogP contribution in [0.3, 0.4) is 0 Å². The SMILES string of the molecule is CC[C@@H]1CN(c2nc(OCC34CCCN3CCC4)nc3c(CF)c(-c4cc(O)cc5ccc(F)c(F)c45)ncc23)CCN1. The molecule has 0 amide bonds. The van der Waals surface area contributed by atoms with Gasteiger partial charge in [-0.1, -0.05) is 13.0 Å². The van der Waals surface area contributed by atoms with Gasteiger partial charge in [-0.2, -0.15) is 9.97 Å². The smallest absolute Gasteiger partial charge is 0.319 e. The number of alkyl halides is 1. The van der Waals surface area contributed by atoms with Gasteiger partial charge < -0.3 is 20.1 Å². The van der Waals surface area contributed by atoms with E-state index in [0.717, 1.165) is 57.8 Å². The van der Waals surface area contributed by atoms with E-state index in [4.69, 9.17) is 14.7 Å². The van der Waals surface area contributed by atoms with Crippen molar-refractivity contribution >= 4 is 27.5 Å². The van der Waals surface area contributed by atoms with Gasteiger partial charge >= 0.3 is 6.01 Å². The van der Waals surface area contributed by atoms with E-state index in [1.165, 1.54) is 18.2 Å². The zero-order chi connectivity index (χ0) is 29.7. The summed E-state index contributed by atoms with van der Waals surface area (Å²) in [5, 5.41) is 14.7. The molecule has 4 aromatic rings. The van der Waals surface area contributed by atoms with Crippen LogP contribution < -0.4 is 15.0 Å². The lowest BCUT2D eigenvalue weighted by Gasteiger charge is -2.35. The molecule has 3 fully saturated rings. The Bertz CT molecular complexity index is 1690. The topological polar surface area (TPSA) is 86.6 Å². The van der Waals surface area contributed by atoms with E-state index in [0.29, 0.717) is 36.4 Å². The van der Waals surface area contributed by atoms with Gasteiger partial charge in [-0.15, -0.1) is 0 Å². The minimum absolute atomic E-state index is 0.0325. The van der Waals surface area contributed by atoms with E-state index < -0.39 is 18.3 Å². The molecule has 3 aliphatic heterocycles. The summed E-state index contributed by atoms with van der Waals surface area (Å²) in [5.74, 6) is -1.69. The van der Waals surface area contributed by atoms with Gasteiger partial charge in [0.15, 0.2) is 11.6 Å². The minimum atomic E-state index is -1.09. The number of pyridine rings is 1. The minimum Gasteiger partial charge on any atom is -0.508 e. The molecule has 3 saturated heterocycles. The molecule has 2 N–H and O–H groups in total. The highest BCUT2D eigenvalue weighted by Gasteiger charge is 2.45. The van der Waals surface area contributed by atoms with Crippen LogP contribution in [0, 0.1) is 11.6 Å². The fourth-order valence-corrected chi connectivity index (χ4v) is 7.29. The van der Waals surface area contributed by atoms with Gasteiger partial charge in [0.2, 0.25) is 0 Å². The monoisotopic (exact) mass is 592 g/mol. The number of aromatic hydroxyl groups is 1. The number of piperazine rings is 1. The first-order valence-corrected chi connectivity index (χ1v) is 15.1. The highest BCUT2D eigenvalue weighted by atomic mass is 19.2. The number of halogens is 3. The second-order valence-electron chi connectivity index (χ2n) is 12.0. The van der Waals surface area contributed by atoms with Gasteiger partial charge in [0.25, 0.3) is 0 Å². The molecule has 0 aliphatic carbocycles. The zero-order valence-corrected chi connectivity index (χ0v) is 24.2. The van der Waals surface area contributed by atoms with Crippen molar-refractivity contribution in [1.82, 2.24) is 25.2 Å². The Morgan fingerprint density at radius 1 is 1.12 bits per heavy atom. The Balaban J connectivity index is 1.40. The maximum absolute atomic E-state index is 15.2. The van der Waals surface area contributed by atoms with Crippen molar-refractivity contribution in [2.24, 2.45) is 0 Å². The molecule has 2 aromatic carbocycles. The summed E-state index contributed by atoms with van der Waals surface area (Å²) in [7, 11) is 0. The van der Waals surface area contributed by atoms with Crippen molar-refractivity contribution in [3.8, 4) is 23.0 Å². The van der Waals surface area contributed by atoms with Crippen molar-refractivity contribution in [2.45, 2.75) is 57.3 Å². The van der Waals surface area contributed by atoms with Gasteiger partial charge in [-0.05, 0) is 68.8 Å². The number of hydrogen-bond donors (Lipinski definition) is 2. The molecule has 226 valence electrons. The number of nitrogens with zero attached hydrogens (tertiary/aromatic N) is 5. The molecule has 7 rings (SSSR count). The number of hydrogen-bond acceptors (Lipinski definition) is 8. The molecular weight excluding hydrogens is 557 g/mol. The fourth-order valence-electron chi connectivity index (χ4n) is 7.29. The number of anilines is 1. The summed E-state index contributed by atoms with van der Waals surface area (Å²) in [6, 6.07) is 5.42. The average molecular weight is 593 g/mol. The average Bonchev–Trinajstić information content (AvgIpc) is 3.61. The Kier molecular flexibility index (Phi) is 7.25. The number of aromatic nitrogens is 3. The maximum atomic E-state index is 15.2. The zero-order valence-electron chi connectivity index (χ0n) is 24.2. The number of phenols is 1. The third kappa shape index (κ3) is 4.82. The third-order valence-electron chi connectivity index (χ3n) is 9.51. The van der Waals surface area contributed by atoms with Crippen LogP contribution in [-0.4, -0.2) is 75.9 Å². The van der Waals surface area contributed by atoms with E-state index >= 15 is 8.78 Å². The first-order chi connectivity index (χ1) is 20.9. The lowest BCUT2D eigenvalue weighted by atomic mass is 9.95. The molecule has 3 aliphatic rings. The number of phenolic OH excluding ortho intramolecular Hbond substituents is 1.